The number of hydrogen-bond acceptors (Lipinski definition) is 5. The Hall–Kier alpha value is -2.69. The fraction of sp³-hybridized carbons (Fsp3) is 0.316. The van der Waals surface area contributed by atoms with E-state index in [0.717, 1.165) is 35.8 Å². The molecule has 5 heteroatoms. The molecule has 1 heterocycles. The van der Waals surface area contributed by atoms with Gasteiger partial charge < -0.3 is 19.7 Å². The van der Waals surface area contributed by atoms with Crippen LogP contribution < -0.4 is 19.7 Å². The number of benzene rings is 2. The van der Waals surface area contributed by atoms with Crippen LogP contribution in [0.1, 0.15) is 11.1 Å². The van der Waals surface area contributed by atoms with Gasteiger partial charge in [-0.1, -0.05) is 18.2 Å². The van der Waals surface area contributed by atoms with E-state index in [-0.39, 0.29) is 0 Å². The molecule has 2 aromatic rings. The molecule has 5 nitrogen and oxygen atoms in total. The molecule has 0 amide bonds. The lowest BCUT2D eigenvalue weighted by Gasteiger charge is -2.16. The normalized spacial score (nSPS) is 13.2. The first-order valence-corrected chi connectivity index (χ1v) is 8.04. The Bertz CT molecular complexity index is 724. The van der Waals surface area contributed by atoms with Gasteiger partial charge in [-0.05, 0) is 29.8 Å². The molecule has 0 saturated heterocycles. The van der Waals surface area contributed by atoms with Crippen molar-refractivity contribution >= 4 is 11.5 Å². The lowest BCUT2D eigenvalue weighted by molar-refractivity contribution is 0.284. The smallest absolute Gasteiger partial charge is 0.172 e. The van der Waals surface area contributed by atoms with E-state index in [1.807, 2.05) is 32.3 Å². The van der Waals surface area contributed by atoms with Crippen LogP contribution in [0, 0.1) is 0 Å². The zero-order chi connectivity index (χ0) is 16.9. The SMILES string of the molecule is COc1cccc(C2=NCCN2)c1OCc1ccc(N(C)C)cc1. The van der Waals surface area contributed by atoms with Crippen molar-refractivity contribution in [2.75, 3.05) is 39.2 Å². The van der Waals surface area contributed by atoms with E-state index in [9.17, 15) is 0 Å². The van der Waals surface area contributed by atoms with Crippen molar-refractivity contribution in [1.82, 2.24) is 5.32 Å². The van der Waals surface area contributed by atoms with Gasteiger partial charge in [0, 0.05) is 26.3 Å². The van der Waals surface area contributed by atoms with Crippen LogP contribution in [0.2, 0.25) is 0 Å². The Labute approximate surface area is 142 Å². The molecule has 1 aliphatic rings. The summed E-state index contributed by atoms with van der Waals surface area (Å²) in [4.78, 5) is 6.57. The summed E-state index contributed by atoms with van der Waals surface area (Å²) in [5.74, 6) is 2.31. The second kappa shape index (κ2) is 7.25. The predicted molar refractivity (Wildman–Crippen MR) is 97.5 cm³/mol. The Morgan fingerprint density at radius 2 is 1.92 bits per heavy atom. The van der Waals surface area contributed by atoms with Crippen LogP contribution in [0.4, 0.5) is 5.69 Å². The highest BCUT2D eigenvalue weighted by molar-refractivity contribution is 6.02. The highest BCUT2D eigenvalue weighted by Gasteiger charge is 2.17. The van der Waals surface area contributed by atoms with E-state index in [0.29, 0.717) is 12.4 Å². The fourth-order valence-corrected chi connectivity index (χ4v) is 2.64. The first-order chi connectivity index (χ1) is 11.7. The van der Waals surface area contributed by atoms with E-state index in [4.69, 9.17) is 9.47 Å². The fourth-order valence-electron chi connectivity index (χ4n) is 2.64. The van der Waals surface area contributed by atoms with E-state index in [1.165, 1.54) is 5.69 Å². The molecule has 0 spiro atoms. The maximum Gasteiger partial charge on any atom is 0.172 e. The first-order valence-electron chi connectivity index (χ1n) is 8.04. The summed E-state index contributed by atoms with van der Waals surface area (Å²) in [6, 6.07) is 14.2. The van der Waals surface area contributed by atoms with Crippen LogP contribution in [0.5, 0.6) is 11.5 Å². The number of amidine groups is 1. The zero-order valence-corrected chi connectivity index (χ0v) is 14.4. The second-order valence-electron chi connectivity index (χ2n) is 5.84. The molecule has 24 heavy (non-hydrogen) atoms. The average Bonchev–Trinajstić information content (AvgIpc) is 3.14. The number of hydrogen-bond donors (Lipinski definition) is 1. The number of para-hydroxylation sites is 1. The van der Waals surface area contributed by atoms with Gasteiger partial charge in [-0.3, -0.25) is 4.99 Å². The third-order valence-corrected chi connectivity index (χ3v) is 3.96. The third kappa shape index (κ3) is 3.45. The largest absolute Gasteiger partial charge is 0.493 e. The minimum Gasteiger partial charge on any atom is -0.493 e. The molecule has 0 unspecified atom stereocenters. The van der Waals surface area contributed by atoms with E-state index in [2.05, 4.69) is 39.5 Å². The molecular weight excluding hydrogens is 302 g/mol. The summed E-state index contributed by atoms with van der Waals surface area (Å²) < 4.78 is 11.6. The van der Waals surface area contributed by atoms with E-state index >= 15 is 0 Å². The van der Waals surface area contributed by atoms with Crippen molar-refractivity contribution in [3.8, 4) is 11.5 Å². The van der Waals surface area contributed by atoms with Crippen LogP contribution in [0.15, 0.2) is 47.5 Å². The molecular formula is C19H23N3O2. The van der Waals surface area contributed by atoms with Gasteiger partial charge in [0.1, 0.15) is 12.4 Å². The summed E-state index contributed by atoms with van der Waals surface area (Å²) in [6.45, 7) is 2.13. The molecule has 0 bridgehead atoms. The average molecular weight is 325 g/mol. The number of rotatable bonds is 6. The van der Waals surface area contributed by atoms with Crippen molar-refractivity contribution in [2.24, 2.45) is 4.99 Å². The number of nitrogens with zero attached hydrogens (tertiary/aromatic N) is 2. The van der Waals surface area contributed by atoms with Gasteiger partial charge in [0.2, 0.25) is 0 Å². The van der Waals surface area contributed by atoms with E-state index < -0.39 is 0 Å². The summed E-state index contributed by atoms with van der Waals surface area (Å²) in [5, 5.41) is 3.29. The quantitative estimate of drug-likeness (QED) is 0.887. The maximum atomic E-state index is 6.10. The van der Waals surface area contributed by atoms with Crippen LogP contribution in [-0.4, -0.2) is 40.1 Å². The third-order valence-electron chi connectivity index (χ3n) is 3.96. The molecule has 0 radical (unpaired) electrons. The Morgan fingerprint density at radius 3 is 2.54 bits per heavy atom. The topological polar surface area (TPSA) is 46.1 Å². The number of aliphatic imine (C=N–C) groups is 1. The molecule has 0 saturated carbocycles. The minimum absolute atomic E-state index is 0.481. The second-order valence-corrected chi connectivity index (χ2v) is 5.84. The minimum atomic E-state index is 0.481. The van der Waals surface area contributed by atoms with Crippen molar-refractivity contribution in [3.63, 3.8) is 0 Å². The zero-order valence-electron chi connectivity index (χ0n) is 14.4. The van der Waals surface area contributed by atoms with Crippen molar-refractivity contribution in [2.45, 2.75) is 6.61 Å². The van der Waals surface area contributed by atoms with Gasteiger partial charge in [-0.25, -0.2) is 0 Å². The van der Waals surface area contributed by atoms with Gasteiger partial charge in [-0.15, -0.1) is 0 Å². The van der Waals surface area contributed by atoms with Crippen molar-refractivity contribution in [3.05, 3.63) is 53.6 Å². The van der Waals surface area contributed by atoms with Gasteiger partial charge in [-0.2, -0.15) is 0 Å². The summed E-state index contributed by atoms with van der Waals surface area (Å²) in [7, 11) is 5.71. The Balaban J connectivity index is 1.81. The Kier molecular flexibility index (Phi) is 4.89. The molecule has 126 valence electrons. The summed E-state index contributed by atoms with van der Waals surface area (Å²) in [6.07, 6.45) is 0. The summed E-state index contributed by atoms with van der Waals surface area (Å²) in [5.41, 5.74) is 3.22. The lowest BCUT2D eigenvalue weighted by atomic mass is 10.1. The summed E-state index contributed by atoms with van der Waals surface area (Å²) >= 11 is 0. The molecule has 0 aromatic heterocycles. The highest BCUT2D eigenvalue weighted by Crippen LogP contribution is 2.32. The van der Waals surface area contributed by atoms with Crippen LogP contribution in [0.25, 0.3) is 0 Å². The van der Waals surface area contributed by atoms with Crippen molar-refractivity contribution in [1.29, 1.82) is 0 Å². The molecule has 0 aliphatic carbocycles. The molecule has 0 fully saturated rings. The van der Waals surface area contributed by atoms with Crippen LogP contribution in [-0.2, 0) is 6.61 Å². The Morgan fingerprint density at radius 1 is 1.12 bits per heavy atom. The molecule has 1 N–H and O–H groups in total. The lowest BCUT2D eigenvalue weighted by Crippen LogP contribution is -2.20. The standard InChI is InChI=1S/C19H23N3O2/c1-22(2)15-9-7-14(8-10-15)13-24-18-16(19-20-11-12-21-19)5-4-6-17(18)23-3/h4-10H,11-13H2,1-3H3,(H,20,21). The van der Waals surface area contributed by atoms with Gasteiger partial charge in [0.15, 0.2) is 11.5 Å². The number of methoxy groups -OCH3 is 1. The predicted octanol–water partition coefficient (Wildman–Crippen LogP) is 2.69. The van der Waals surface area contributed by atoms with Gasteiger partial charge >= 0.3 is 0 Å². The number of nitrogens with one attached hydrogen (secondary N) is 1. The maximum absolute atomic E-state index is 6.10. The number of ether oxygens (including phenoxy) is 2. The van der Waals surface area contributed by atoms with Crippen molar-refractivity contribution < 1.29 is 9.47 Å². The monoisotopic (exact) mass is 325 g/mol. The first kappa shape index (κ1) is 16.2. The highest BCUT2D eigenvalue weighted by atomic mass is 16.5. The molecule has 0 atom stereocenters. The number of anilines is 1. The van der Waals surface area contributed by atoms with Gasteiger partial charge in [0.25, 0.3) is 0 Å². The van der Waals surface area contributed by atoms with Crippen LogP contribution in [0.3, 0.4) is 0 Å². The molecule has 3 rings (SSSR count). The van der Waals surface area contributed by atoms with Crippen LogP contribution >= 0.6 is 0 Å². The molecule has 2 aromatic carbocycles. The van der Waals surface area contributed by atoms with E-state index in [1.54, 1.807) is 7.11 Å². The van der Waals surface area contributed by atoms with Gasteiger partial charge in [0.05, 0.1) is 19.2 Å². The molecule has 1 aliphatic heterocycles.